The topological polar surface area (TPSA) is 37.3 Å². The first-order chi connectivity index (χ1) is 16.7. The minimum absolute atomic E-state index is 0.307. The number of fused-ring (bicyclic) bond motifs is 2. The van der Waals surface area contributed by atoms with Crippen LogP contribution in [0.4, 0.5) is 0 Å². The Morgan fingerprint density at radius 2 is 1.44 bits per heavy atom. The number of carboxylic acids is 1. The van der Waals surface area contributed by atoms with Crippen LogP contribution in [0.1, 0.15) is 15.9 Å². The van der Waals surface area contributed by atoms with Crippen molar-refractivity contribution < 1.29 is 9.90 Å². The van der Waals surface area contributed by atoms with Gasteiger partial charge in [-0.25, -0.2) is 4.79 Å². The SMILES string of the molecule is C#C/C=c1/cccc/c1=C/Cc1cccc2c(-c3cc4ccccc4cc3C(=O)O)cccc12. The number of terminal acetylenes is 1. The van der Waals surface area contributed by atoms with Gasteiger partial charge in [-0.3, -0.25) is 0 Å². The summed E-state index contributed by atoms with van der Waals surface area (Å²) in [5.74, 6) is 1.68. The molecule has 5 rings (SSSR count). The van der Waals surface area contributed by atoms with Crippen molar-refractivity contribution in [1.29, 1.82) is 0 Å². The number of hydrogen-bond donors (Lipinski definition) is 1. The molecule has 1 N–H and O–H groups in total. The molecule has 2 heteroatoms. The lowest BCUT2D eigenvalue weighted by molar-refractivity contribution is 0.0698. The van der Waals surface area contributed by atoms with Gasteiger partial charge in [0.15, 0.2) is 0 Å². The van der Waals surface area contributed by atoms with Crippen LogP contribution < -0.4 is 10.4 Å². The number of carboxylic acid groups (broad SMARTS) is 1. The van der Waals surface area contributed by atoms with Crippen LogP contribution in [0.3, 0.4) is 0 Å². The third kappa shape index (κ3) is 3.96. The van der Waals surface area contributed by atoms with Crippen molar-refractivity contribution in [1.82, 2.24) is 0 Å². The Balaban J connectivity index is 1.69. The second-order valence-electron chi connectivity index (χ2n) is 8.22. The molecule has 5 aromatic carbocycles. The number of rotatable bonds is 4. The number of benzene rings is 5. The Morgan fingerprint density at radius 1 is 0.765 bits per heavy atom. The lowest BCUT2D eigenvalue weighted by Crippen LogP contribution is -2.23. The van der Waals surface area contributed by atoms with Crippen molar-refractivity contribution in [2.75, 3.05) is 0 Å². The van der Waals surface area contributed by atoms with Crippen LogP contribution in [-0.2, 0) is 6.42 Å². The first-order valence-corrected chi connectivity index (χ1v) is 11.1. The van der Waals surface area contributed by atoms with Crippen LogP contribution in [0.15, 0.2) is 97.1 Å². The summed E-state index contributed by atoms with van der Waals surface area (Å²) in [6.07, 6.45) is 10.2. The molecule has 0 unspecified atom stereocenters. The molecule has 34 heavy (non-hydrogen) atoms. The van der Waals surface area contributed by atoms with E-state index in [1.807, 2.05) is 66.7 Å². The van der Waals surface area contributed by atoms with E-state index in [4.69, 9.17) is 6.42 Å². The molecule has 0 radical (unpaired) electrons. The minimum Gasteiger partial charge on any atom is -0.478 e. The van der Waals surface area contributed by atoms with Crippen molar-refractivity contribution in [3.8, 4) is 23.5 Å². The molecule has 0 aliphatic rings. The summed E-state index contributed by atoms with van der Waals surface area (Å²) < 4.78 is 0. The van der Waals surface area contributed by atoms with Gasteiger partial charge in [0.1, 0.15) is 0 Å². The second kappa shape index (κ2) is 9.10. The van der Waals surface area contributed by atoms with Gasteiger partial charge in [0.05, 0.1) is 5.56 Å². The van der Waals surface area contributed by atoms with Crippen molar-refractivity contribution >= 4 is 39.7 Å². The maximum absolute atomic E-state index is 12.2. The van der Waals surface area contributed by atoms with E-state index in [1.165, 1.54) is 5.56 Å². The molecule has 0 aliphatic heterocycles. The van der Waals surface area contributed by atoms with Gasteiger partial charge in [-0.1, -0.05) is 96.9 Å². The summed E-state index contributed by atoms with van der Waals surface area (Å²) in [4.78, 5) is 12.2. The molecule has 0 bridgehead atoms. The summed E-state index contributed by atoms with van der Waals surface area (Å²) >= 11 is 0. The molecule has 0 fully saturated rings. The molecular formula is C32H22O2. The zero-order chi connectivity index (χ0) is 23.5. The Kier molecular flexibility index (Phi) is 5.68. The summed E-state index contributed by atoms with van der Waals surface area (Å²) in [5, 5.41) is 16.2. The molecule has 0 atom stereocenters. The van der Waals surface area contributed by atoms with E-state index in [9.17, 15) is 9.90 Å². The molecule has 0 saturated heterocycles. The summed E-state index contributed by atoms with van der Waals surface area (Å²) in [6.45, 7) is 0. The standard InChI is InChI=1S/C32H22O2/c1-2-9-22-10-3-4-11-23(22)18-19-24-14-7-16-28-27(24)15-8-17-29(28)30-20-25-12-5-6-13-26(25)21-31(30)32(33)34/h1,3-18,20-21H,19H2,(H,33,34)/b22-9-,23-18-. The minimum atomic E-state index is -0.927. The van der Waals surface area contributed by atoms with Crippen molar-refractivity contribution in [2.24, 2.45) is 0 Å². The van der Waals surface area contributed by atoms with E-state index in [2.05, 4.69) is 36.3 Å². The maximum atomic E-state index is 12.2. The second-order valence-corrected chi connectivity index (χ2v) is 8.22. The van der Waals surface area contributed by atoms with Gasteiger partial charge >= 0.3 is 5.97 Å². The number of carbonyl (C=O) groups is 1. The Morgan fingerprint density at radius 3 is 2.21 bits per heavy atom. The van der Waals surface area contributed by atoms with Crippen LogP contribution in [0.25, 0.3) is 44.8 Å². The van der Waals surface area contributed by atoms with Gasteiger partial charge in [0.2, 0.25) is 0 Å². The average Bonchev–Trinajstić information content (AvgIpc) is 2.87. The number of aromatic carboxylic acids is 1. The lowest BCUT2D eigenvalue weighted by Gasteiger charge is -2.13. The van der Waals surface area contributed by atoms with Gasteiger partial charge in [-0.2, -0.15) is 0 Å². The maximum Gasteiger partial charge on any atom is 0.336 e. The van der Waals surface area contributed by atoms with E-state index < -0.39 is 5.97 Å². The normalized spacial score (nSPS) is 12.2. The molecule has 0 amide bonds. The van der Waals surface area contributed by atoms with E-state index in [-0.39, 0.29) is 0 Å². The Bertz CT molecular complexity index is 1720. The third-order valence-electron chi connectivity index (χ3n) is 6.20. The molecular weight excluding hydrogens is 416 g/mol. The van der Waals surface area contributed by atoms with E-state index >= 15 is 0 Å². The highest BCUT2D eigenvalue weighted by molar-refractivity contribution is 6.07. The first-order valence-electron chi connectivity index (χ1n) is 11.1. The van der Waals surface area contributed by atoms with Crippen LogP contribution in [-0.4, -0.2) is 11.1 Å². The summed E-state index contributed by atoms with van der Waals surface area (Å²) in [6, 6.07) is 32.0. The highest BCUT2D eigenvalue weighted by Crippen LogP contribution is 2.35. The quantitative estimate of drug-likeness (QED) is 0.360. The lowest BCUT2D eigenvalue weighted by atomic mass is 9.90. The smallest absolute Gasteiger partial charge is 0.336 e. The van der Waals surface area contributed by atoms with E-state index in [0.29, 0.717) is 5.56 Å². The monoisotopic (exact) mass is 438 g/mol. The van der Waals surface area contributed by atoms with E-state index in [1.54, 1.807) is 12.1 Å². The Labute approximate surface area is 198 Å². The molecule has 0 heterocycles. The average molecular weight is 439 g/mol. The number of hydrogen-bond acceptors (Lipinski definition) is 1. The fourth-order valence-electron chi connectivity index (χ4n) is 4.57. The molecule has 162 valence electrons. The highest BCUT2D eigenvalue weighted by Gasteiger charge is 2.16. The first kappa shape index (κ1) is 21.2. The van der Waals surface area contributed by atoms with Gasteiger partial charge in [-0.05, 0) is 73.3 Å². The van der Waals surface area contributed by atoms with Crippen LogP contribution in [0.5, 0.6) is 0 Å². The zero-order valence-electron chi connectivity index (χ0n) is 18.5. The van der Waals surface area contributed by atoms with Crippen molar-refractivity contribution in [3.05, 3.63) is 119 Å². The predicted molar refractivity (Wildman–Crippen MR) is 141 cm³/mol. The molecule has 0 saturated carbocycles. The van der Waals surface area contributed by atoms with Crippen LogP contribution >= 0.6 is 0 Å². The van der Waals surface area contributed by atoms with Crippen molar-refractivity contribution in [3.63, 3.8) is 0 Å². The van der Waals surface area contributed by atoms with Gasteiger partial charge in [0.25, 0.3) is 0 Å². The third-order valence-corrected chi connectivity index (χ3v) is 6.20. The fraction of sp³-hybridized carbons (Fsp3) is 0.0312. The van der Waals surface area contributed by atoms with Gasteiger partial charge in [-0.15, -0.1) is 6.42 Å². The molecule has 5 aromatic rings. The van der Waals surface area contributed by atoms with Gasteiger partial charge in [0, 0.05) is 0 Å². The molecule has 0 aliphatic carbocycles. The summed E-state index contributed by atoms with van der Waals surface area (Å²) in [7, 11) is 0. The largest absolute Gasteiger partial charge is 0.478 e. The fourth-order valence-corrected chi connectivity index (χ4v) is 4.57. The van der Waals surface area contributed by atoms with Gasteiger partial charge < -0.3 is 5.11 Å². The van der Waals surface area contributed by atoms with Crippen molar-refractivity contribution in [2.45, 2.75) is 6.42 Å². The summed E-state index contributed by atoms with van der Waals surface area (Å²) in [5.41, 5.74) is 3.13. The highest BCUT2D eigenvalue weighted by atomic mass is 16.4. The van der Waals surface area contributed by atoms with E-state index in [0.717, 1.165) is 49.5 Å². The molecule has 2 nitrogen and oxygen atoms in total. The van der Waals surface area contributed by atoms with Crippen LogP contribution in [0.2, 0.25) is 0 Å². The Hall–Kier alpha value is -4.61. The zero-order valence-corrected chi connectivity index (χ0v) is 18.5. The van der Waals surface area contributed by atoms with Crippen LogP contribution in [0, 0.1) is 12.3 Å². The molecule has 0 spiro atoms. The molecule has 0 aromatic heterocycles. The predicted octanol–water partition coefficient (Wildman–Crippen LogP) is 5.80.